The fourth-order valence-electron chi connectivity index (χ4n) is 2.94. The molecule has 1 fully saturated rings. The number of hydrogen-bond donors (Lipinski definition) is 1. The molecule has 1 N–H and O–H groups in total. The molecule has 2 rings (SSSR count). The van der Waals surface area contributed by atoms with Crippen LogP contribution in [0.15, 0.2) is 18.2 Å². The average molecular weight is 286 g/mol. The van der Waals surface area contributed by atoms with Crippen LogP contribution in [-0.2, 0) is 0 Å². The van der Waals surface area contributed by atoms with Crippen molar-refractivity contribution in [1.29, 1.82) is 0 Å². The Bertz CT molecular complexity index is 386. The largest absolute Gasteiger partial charge is 0.313 e. The van der Waals surface area contributed by atoms with Crippen LogP contribution in [0.4, 0.5) is 0 Å². The van der Waals surface area contributed by atoms with E-state index in [2.05, 4.69) is 5.32 Å². The van der Waals surface area contributed by atoms with Crippen molar-refractivity contribution in [3.63, 3.8) is 0 Å². The summed E-state index contributed by atoms with van der Waals surface area (Å²) in [6.07, 6.45) is 8.04. The number of nitrogens with one attached hydrogen (secondary N) is 1. The summed E-state index contributed by atoms with van der Waals surface area (Å²) in [5, 5.41) is 4.97. The highest BCUT2D eigenvalue weighted by Crippen LogP contribution is 2.34. The number of rotatable bonds is 4. The first-order chi connectivity index (χ1) is 8.70. The average Bonchev–Trinajstić information content (AvgIpc) is 2.40. The fourth-order valence-corrected chi connectivity index (χ4v) is 3.37. The predicted molar refractivity (Wildman–Crippen MR) is 79.5 cm³/mol. The van der Waals surface area contributed by atoms with Crippen molar-refractivity contribution in [2.75, 3.05) is 7.05 Å². The van der Waals surface area contributed by atoms with Crippen LogP contribution in [0.5, 0.6) is 0 Å². The molecule has 1 nitrogen and oxygen atoms in total. The summed E-state index contributed by atoms with van der Waals surface area (Å²) in [7, 11) is 2.00. The molecule has 18 heavy (non-hydrogen) atoms. The molecule has 0 aliphatic heterocycles. The van der Waals surface area contributed by atoms with Crippen molar-refractivity contribution in [3.05, 3.63) is 33.8 Å². The van der Waals surface area contributed by atoms with Gasteiger partial charge in [-0.05, 0) is 43.1 Å². The van der Waals surface area contributed by atoms with E-state index in [0.717, 1.165) is 27.9 Å². The van der Waals surface area contributed by atoms with E-state index < -0.39 is 0 Å². The van der Waals surface area contributed by atoms with Crippen LogP contribution in [0.2, 0.25) is 10.0 Å². The van der Waals surface area contributed by atoms with Gasteiger partial charge in [-0.1, -0.05) is 55.3 Å². The van der Waals surface area contributed by atoms with Crippen LogP contribution in [0.1, 0.15) is 50.1 Å². The second-order valence-electron chi connectivity index (χ2n) is 5.25. The van der Waals surface area contributed by atoms with Crippen molar-refractivity contribution in [1.82, 2.24) is 5.32 Å². The lowest BCUT2D eigenvalue weighted by atomic mass is 9.83. The summed E-state index contributed by atoms with van der Waals surface area (Å²) < 4.78 is 0. The second kappa shape index (κ2) is 6.79. The maximum atomic E-state index is 6.29. The lowest BCUT2D eigenvalue weighted by molar-refractivity contribution is 0.306. The van der Waals surface area contributed by atoms with Gasteiger partial charge in [0.2, 0.25) is 0 Å². The van der Waals surface area contributed by atoms with Gasteiger partial charge in [0.05, 0.1) is 0 Å². The fraction of sp³-hybridized carbons (Fsp3) is 0.600. The molecule has 0 radical (unpaired) electrons. The molecule has 0 bridgehead atoms. The van der Waals surface area contributed by atoms with Crippen LogP contribution in [0.3, 0.4) is 0 Å². The van der Waals surface area contributed by atoms with Crippen molar-refractivity contribution in [2.45, 2.75) is 44.6 Å². The van der Waals surface area contributed by atoms with Crippen LogP contribution in [-0.4, -0.2) is 7.05 Å². The molecule has 3 heteroatoms. The molecule has 0 amide bonds. The van der Waals surface area contributed by atoms with E-state index in [0.29, 0.717) is 6.04 Å². The Morgan fingerprint density at radius 3 is 2.61 bits per heavy atom. The van der Waals surface area contributed by atoms with Gasteiger partial charge in [-0.25, -0.2) is 0 Å². The molecular formula is C15H21Cl2N. The van der Waals surface area contributed by atoms with Crippen molar-refractivity contribution in [3.8, 4) is 0 Å². The topological polar surface area (TPSA) is 12.0 Å². The van der Waals surface area contributed by atoms with Gasteiger partial charge in [0.15, 0.2) is 0 Å². The molecule has 1 aliphatic carbocycles. The van der Waals surface area contributed by atoms with Gasteiger partial charge in [0.1, 0.15) is 0 Å². The van der Waals surface area contributed by atoms with Gasteiger partial charge >= 0.3 is 0 Å². The number of benzene rings is 1. The summed E-state index contributed by atoms with van der Waals surface area (Å²) >= 11 is 12.4. The summed E-state index contributed by atoms with van der Waals surface area (Å²) in [6.45, 7) is 0. The molecule has 0 saturated heterocycles. The highest BCUT2D eigenvalue weighted by atomic mass is 35.5. The molecule has 1 saturated carbocycles. The van der Waals surface area contributed by atoms with Crippen LogP contribution in [0.25, 0.3) is 0 Å². The smallest absolute Gasteiger partial charge is 0.0454 e. The van der Waals surface area contributed by atoms with Gasteiger partial charge in [-0.3, -0.25) is 0 Å². The van der Waals surface area contributed by atoms with Crippen LogP contribution >= 0.6 is 23.2 Å². The molecule has 0 spiro atoms. The van der Waals surface area contributed by atoms with Crippen molar-refractivity contribution in [2.24, 2.45) is 5.92 Å². The second-order valence-corrected chi connectivity index (χ2v) is 6.09. The maximum Gasteiger partial charge on any atom is 0.0454 e. The standard InChI is InChI=1S/C15H21Cl2N/c1-18-15(9-11-5-3-2-4-6-11)13-10-12(16)7-8-14(13)17/h7-8,10-11,15,18H,2-6,9H2,1H3. The molecule has 1 atom stereocenters. The monoisotopic (exact) mass is 285 g/mol. The quantitative estimate of drug-likeness (QED) is 0.799. The van der Waals surface area contributed by atoms with E-state index in [1.807, 2.05) is 25.2 Å². The van der Waals surface area contributed by atoms with Crippen molar-refractivity contribution >= 4 is 23.2 Å². The van der Waals surface area contributed by atoms with E-state index in [9.17, 15) is 0 Å². The highest BCUT2D eigenvalue weighted by molar-refractivity contribution is 6.33. The molecule has 1 aliphatic rings. The third-order valence-electron chi connectivity index (χ3n) is 3.98. The summed E-state index contributed by atoms with van der Waals surface area (Å²) in [5.41, 5.74) is 1.14. The molecule has 0 aromatic heterocycles. The molecule has 1 unspecified atom stereocenters. The Labute approximate surface area is 120 Å². The Balaban J connectivity index is 2.09. The third kappa shape index (κ3) is 3.63. The highest BCUT2D eigenvalue weighted by Gasteiger charge is 2.20. The zero-order valence-electron chi connectivity index (χ0n) is 10.9. The van der Waals surface area contributed by atoms with E-state index in [-0.39, 0.29) is 0 Å². The number of halogens is 2. The lowest BCUT2D eigenvalue weighted by Crippen LogP contribution is -2.21. The Hall–Kier alpha value is -0.240. The summed E-state index contributed by atoms with van der Waals surface area (Å²) in [5.74, 6) is 0.825. The van der Waals surface area contributed by atoms with Crippen LogP contribution in [0, 0.1) is 5.92 Å². The first-order valence-electron chi connectivity index (χ1n) is 6.83. The minimum Gasteiger partial charge on any atom is -0.313 e. The van der Waals surface area contributed by atoms with E-state index in [1.165, 1.54) is 32.1 Å². The van der Waals surface area contributed by atoms with Gasteiger partial charge < -0.3 is 5.32 Å². The number of hydrogen-bond acceptors (Lipinski definition) is 1. The Kier molecular flexibility index (Phi) is 5.35. The molecule has 1 aromatic carbocycles. The molecule has 1 aromatic rings. The molecule has 100 valence electrons. The van der Waals surface area contributed by atoms with E-state index in [4.69, 9.17) is 23.2 Å². The first-order valence-corrected chi connectivity index (χ1v) is 7.58. The van der Waals surface area contributed by atoms with Gasteiger partial charge in [0.25, 0.3) is 0 Å². The maximum absolute atomic E-state index is 6.29. The van der Waals surface area contributed by atoms with Gasteiger partial charge in [0, 0.05) is 16.1 Å². The van der Waals surface area contributed by atoms with E-state index in [1.54, 1.807) is 0 Å². The zero-order chi connectivity index (χ0) is 13.0. The Morgan fingerprint density at radius 1 is 1.22 bits per heavy atom. The minimum absolute atomic E-state index is 0.319. The van der Waals surface area contributed by atoms with E-state index >= 15 is 0 Å². The third-order valence-corrected chi connectivity index (χ3v) is 4.56. The Morgan fingerprint density at radius 2 is 1.94 bits per heavy atom. The predicted octanol–water partition coefficient (Wildman–Crippen LogP) is 5.22. The minimum atomic E-state index is 0.319. The zero-order valence-corrected chi connectivity index (χ0v) is 12.4. The lowest BCUT2D eigenvalue weighted by Gasteiger charge is -2.27. The van der Waals surface area contributed by atoms with Gasteiger partial charge in [-0.2, -0.15) is 0 Å². The molecular weight excluding hydrogens is 265 g/mol. The normalized spacial score (nSPS) is 18.8. The summed E-state index contributed by atoms with van der Waals surface area (Å²) in [4.78, 5) is 0. The SMILES string of the molecule is CNC(CC1CCCCC1)c1cc(Cl)ccc1Cl. The van der Waals surface area contributed by atoms with Gasteiger partial charge in [-0.15, -0.1) is 0 Å². The summed E-state index contributed by atoms with van der Waals surface area (Å²) in [6, 6.07) is 6.05. The van der Waals surface area contributed by atoms with Crippen molar-refractivity contribution < 1.29 is 0 Å². The first kappa shape index (κ1) is 14.2. The van der Waals surface area contributed by atoms with Crippen LogP contribution < -0.4 is 5.32 Å². The molecule has 0 heterocycles.